The Labute approximate surface area is 122 Å². The third-order valence-corrected chi connectivity index (χ3v) is 4.41. The molecule has 5 heteroatoms. The third kappa shape index (κ3) is 3.18. The number of hydrogen-bond acceptors (Lipinski definition) is 3. The molecule has 1 atom stereocenters. The molecule has 0 bridgehead atoms. The molecule has 1 aromatic heterocycles. The van der Waals surface area contributed by atoms with Crippen molar-refractivity contribution < 1.29 is 9.90 Å². The Morgan fingerprint density at radius 2 is 2.05 bits per heavy atom. The summed E-state index contributed by atoms with van der Waals surface area (Å²) in [7, 11) is 1.57. The molecule has 0 aliphatic rings. The molecule has 0 spiro atoms. The van der Waals surface area contributed by atoms with Crippen molar-refractivity contribution in [3.05, 3.63) is 46.8 Å². The van der Waals surface area contributed by atoms with E-state index < -0.39 is 6.09 Å². The van der Waals surface area contributed by atoms with Crippen molar-refractivity contribution in [3.63, 3.8) is 0 Å². The second-order valence-corrected chi connectivity index (χ2v) is 5.90. The number of carboxylic acid groups (broad SMARTS) is 1. The highest BCUT2D eigenvalue weighted by atomic mass is 32.1. The molecule has 1 heterocycles. The normalized spacial score (nSPS) is 12.2. The Morgan fingerprint density at radius 1 is 1.35 bits per heavy atom. The van der Waals surface area contributed by atoms with Gasteiger partial charge in [-0.05, 0) is 30.2 Å². The monoisotopic (exact) mass is 290 g/mol. The van der Waals surface area contributed by atoms with Crippen LogP contribution in [0.1, 0.15) is 23.4 Å². The number of rotatable bonds is 4. The summed E-state index contributed by atoms with van der Waals surface area (Å²) in [5.74, 6) is 0. The SMILES string of the molecule is CC(N)c1ccc(-c2ccccc2CN(C)C(=O)O)s1. The summed E-state index contributed by atoms with van der Waals surface area (Å²) < 4.78 is 0. The smallest absolute Gasteiger partial charge is 0.407 e. The number of thiophene rings is 1. The summed E-state index contributed by atoms with van der Waals surface area (Å²) in [6.45, 7) is 2.33. The van der Waals surface area contributed by atoms with Crippen LogP contribution in [0.4, 0.5) is 4.79 Å². The van der Waals surface area contributed by atoms with Gasteiger partial charge in [-0.3, -0.25) is 0 Å². The van der Waals surface area contributed by atoms with Gasteiger partial charge in [0.05, 0.1) is 0 Å². The largest absolute Gasteiger partial charge is 0.465 e. The van der Waals surface area contributed by atoms with E-state index in [4.69, 9.17) is 10.8 Å². The maximum Gasteiger partial charge on any atom is 0.407 e. The number of nitrogens with zero attached hydrogens (tertiary/aromatic N) is 1. The Hall–Kier alpha value is -1.85. The lowest BCUT2D eigenvalue weighted by Gasteiger charge is -2.15. The summed E-state index contributed by atoms with van der Waals surface area (Å²) in [6.07, 6.45) is -0.928. The van der Waals surface area contributed by atoms with Crippen molar-refractivity contribution in [2.75, 3.05) is 7.05 Å². The molecule has 4 nitrogen and oxygen atoms in total. The van der Waals surface area contributed by atoms with Crippen molar-refractivity contribution >= 4 is 17.4 Å². The van der Waals surface area contributed by atoms with Gasteiger partial charge >= 0.3 is 6.09 Å². The van der Waals surface area contributed by atoms with Crippen molar-refractivity contribution in [1.29, 1.82) is 0 Å². The molecular formula is C15H18N2O2S. The van der Waals surface area contributed by atoms with Crippen LogP contribution in [0.2, 0.25) is 0 Å². The number of hydrogen-bond donors (Lipinski definition) is 2. The van der Waals surface area contributed by atoms with Crippen LogP contribution in [0.25, 0.3) is 10.4 Å². The van der Waals surface area contributed by atoms with Crippen LogP contribution in [-0.2, 0) is 6.54 Å². The summed E-state index contributed by atoms with van der Waals surface area (Å²) in [6, 6.07) is 12.0. The van der Waals surface area contributed by atoms with E-state index in [0.29, 0.717) is 6.54 Å². The topological polar surface area (TPSA) is 66.6 Å². The first-order chi connectivity index (χ1) is 9.49. The fraction of sp³-hybridized carbons (Fsp3) is 0.267. The summed E-state index contributed by atoms with van der Waals surface area (Å²) in [5.41, 5.74) is 7.95. The Kier molecular flexibility index (Phi) is 4.42. The highest BCUT2D eigenvalue weighted by Crippen LogP contribution is 2.33. The number of carbonyl (C=O) groups is 1. The average Bonchev–Trinajstić information content (AvgIpc) is 2.88. The Balaban J connectivity index is 2.33. The minimum atomic E-state index is -0.928. The van der Waals surface area contributed by atoms with E-state index in [1.54, 1.807) is 18.4 Å². The minimum absolute atomic E-state index is 0.0163. The zero-order chi connectivity index (χ0) is 14.7. The Bertz CT molecular complexity index is 607. The number of nitrogens with two attached hydrogens (primary N) is 1. The molecule has 0 radical (unpaired) electrons. The average molecular weight is 290 g/mol. The number of benzene rings is 1. The van der Waals surface area contributed by atoms with E-state index in [2.05, 4.69) is 0 Å². The summed E-state index contributed by atoms with van der Waals surface area (Å²) >= 11 is 1.65. The summed E-state index contributed by atoms with van der Waals surface area (Å²) in [5, 5.41) is 8.99. The van der Waals surface area contributed by atoms with Gasteiger partial charge in [0, 0.05) is 29.4 Å². The standard InChI is InChI=1S/C15H18N2O2S/c1-10(16)13-7-8-14(20-13)12-6-4-3-5-11(12)9-17(2)15(18)19/h3-8,10H,9,16H2,1-2H3,(H,18,19). The molecule has 1 amide bonds. The van der Waals surface area contributed by atoms with Crippen LogP contribution in [-0.4, -0.2) is 23.1 Å². The van der Waals surface area contributed by atoms with Gasteiger partial charge in [-0.15, -0.1) is 11.3 Å². The second-order valence-electron chi connectivity index (χ2n) is 4.79. The lowest BCUT2D eigenvalue weighted by Crippen LogP contribution is -2.24. The van der Waals surface area contributed by atoms with Crippen LogP contribution in [0.5, 0.6) is 0 Å². The fourth-order valence-electron chi connectivity index (χ4n) is 1.96. The molecule has 106 valence electrons. The maximum absolute atomic E-state index is 11.0. The quantitative estimate of drug-likeness (QED) is 0.905. The fourth-order valence-corrected chi connectivity index (χ4v) is 2.99. The van der Waals surface area contributed by atoms with Gasteiger partial charge in [0.25, 0.3) is 0 Å². The third-order valence-electron chi connectivity index (χ3n) is 3.09. The molecule has 0 saturated heterocycles. The lowest BCUT2D eigenvalue weighted by atomic mass is 10.1. The molecule has 0 fully saturated rings. The van der Waals surface area contributed by atoms with Gasteiger partial charge in [-0.1, -0.05) is 24.3 Å². The van der Waals surface area contributed by atoms with Crippen LogP contribution < -0.4 is 5.73 Å². The van der Waals surface area contributed by atoms with Crippen LogP contribution in [0.15, 0.2) is 36.4 Å². The van der Waals surface area contributed by atoms with Crippen LogP contribution in [0.3, 0.4) is 0 Å². The van der Waals surface area contributed by atoms with Crippen LogP contribution in [0, 0.1) is 0 Å². The molecule has 0 aliphatic heterocycles. The van der Waals surface area contributed by atoms with Gasteiger partial charge in [-0.2, -0.15) is 0 Å². The van der Waals surface area contributed by atoms with Crippen molar-refractivity contribution in [2.24, 2.45) is 5.73 Å². The van der Waals surface area contributed by atoms with Gasteiger partial charge < -0.3 is 15.7 Å². The van der Waals surface area contributed by atoms with E-state index in [-0.39, 0.29) is 6.04 Å². The predicted molar refractivity (Wildman–Crippen MR) is 81.8 cm³/mol. The zero-order valence-corrected chi connectivity index (χ0v) is 12.4. The minimum Gasteiger partial charge on any atom is -0.465 e. The van der Waals surface area contributed by atoms with Crippen molar-refractivity contribution in [3.8, 4) is 10.4 Å². The first-order valence-electron chi connectivity index (χ1n) is 6.36. The van der Waals surface area contributed by atoms with E-state index in [1.807, 2.05) is 43.3 Å². The molecule has 3 N–H and O–H groups in total. The van der Waals surface area contributed by atoms with Gasteiger partial charge in [0.1, 0.15) is 0 Å². The molecule has 0 aliphatic carbocycles. The van der Waals surface area contributed by atoms with Crippen LogP contribution >= 0.6 is 11.3 Å². The molecule has 1 aromatic carbocycles. The molecule has 2 aromatic rings. The molecule has 1 unspecified atom stereocenters. The first-order valence-corrected chi connectivity index (χ1v) is 7.18. The van der Waals surface area contributed by atoms with E-state index >= 15 is 0 Å². The van der Waals surface area contributed by atoms with Gasteiger partial charge in [0.2, 0.25) is 0 Å². The zero-order valence-electron chi connectivity index (χ0n) is 11.5. The number of amides is 1. The molecule has 2 rings (SSSR count). The maximum atomic E-state index is 11.0. The van der Waals surface area contributed by atoms with Gasteiger partial charge in [0.15, 0.2) is 0 Å². The highest BCUT2D eigenvalue weighted by Gasteiger charge is 2.12. The molecular weight excluding hydrogens is 272 g/mol. The van der Waals surface area contributed by atoms with Gasteiger partial charge in [-0.25, -0.2) is 4.79 Å². The van der Waals surface area contributed by atoms with E-state index in [9.17, 15) is 4.79 Å². The Morgan fingerprint density at radius 3 is 2.65 bits per heavy atom. The van der Waals surface area contributed by atoms with Crippen molar-refractivity contribution in [2.45, 2.75) is 19.5 Å². The second kappa shape index (κ2) is 6.07. The van der Waals surface area contributed by atoms with E-state index in [0.717, 1.165) is 20.9 Å². The molecule has 0 saturated carbocycles. The highest BCUT2D eigenvalue weighted by molar-refractivity contribution is 7.15. The lowest BCUT2D eigenvalue weighted by molar-refractivity contribution is 0.154. The van der Waals surface area contributed by atoms with Crippen molar-refractivity contribution in [1.82, 2.24) is 4.90 Å². The predicted octanol–water partition coefficient (Wildman–Crippen LogP) is 3.54. The van der Waals surface area contributed by atoms with E-state index in [1.165, 1.54) is 4.90 Å². The summed E-state index contributed by atoms with van der Waals surface area (Å²) in [4.78, 5) is 14.5. The first kappa shape index (κ1) is 14.6. The molecule has 20 heavy (non-hydrogen) atoms.